The highest BCUT2D eigenvalue weighted by Crippen LogP contribution is 2.12. The van der Waals surface area contributed by atoms with Crippen molar-refractivity contribution in [1.29, 1.82) is 0 Å². The fourth-order valence-corrected chi connectivity index (χ4v) is 3.02. The van der Waals surface area contributed by atoms with E-state index in [0.717, 1.165) is 0 Å². The van der Waals surface area contributed by atoms with E-state index < -0.39 is 11.6 Å². The minimum Gasteiger partial charge on any atom is -0.459 e. The van der Waals surface area contributed by atoms with E-state index >= 15 is 0 Å². The van der Waals surface area contributed by atoms with Crippen LogP contribution in [0.4, 0.5) is 8.78 Å². The smallest absolute Gasteiger partial charge is 0.289 e. The molecule has 2 aromatic rings. The third kappa shape index (κ3) is 4.91. The summed E-state index contributed by atoms with van der Waals surface area (Å²) in [5.74, 6) is -1.28. The summed E-state index contributed by atoms with van der Waals surface area (Å²) in [5, 5.41) is 2.68. The van der Waals surface area contributed by atoms with Crippen LogP contribution in [0.25, 0.3) is 0 Å². The number of nitrogens with one attached hydrogen (secondary N) is 1. The number of amides is 2. The van der Waals surface area contributed by atoms with Crippen molar-refractivity contribution in [3.63, 3.8) is 0 Å². The number of benzene rings is 1. The van der Waals surface area contributed by atoms with Crippen molar-refractivity contribution in [2.24, 2.45) is 0 Å². The molecular weight excluding hydrogens is 356 g/mol. The highest BCUT2D eigenvalue weighted by molar-refractivity contribution is 5.91. The fraction of sp³-hybridized carbons (Fsp3) is 0.368. The molecular formula is C19H21F2N3O3. The van der Waals surface area contributed by atoms with E-state index in [2.05, 4.69) is 5.32 Å². The van der Waals surface area contributed by atoms with E-state index in [1.165, 1.54) is 24.5 Å². The number of rotatable bonds is 6. The van der Waals surface area contributed by atoms with Crippen LogP contribution in [0.2, 0.25) is 0 Å². The average Bonchev–Trinajstić information content (AvgIpc) is 3.19. The van der Waals surface area contributed by atoms with Gasteiger partial charge in [-0.3, -0.25) is 14.5 Å². The zero-order valence-corrected chi connectivity index (χ0v) is 14.8. The fourth-order valence-electron chi connectivity index (χ4n) is 3.02. The minimum absolute atomic E-state index is 0.0251. The lowest BCUT2D eigenvalue weighted by atomic mass is 10.1. The van der Waals surface area contributed by atoms with Crippen LogP contribution in [0.3, 0.4) is 0 Å². The van der Waals surface area contributed by atoms with Crippen LogP contribution in [0.5, 0.6) is 0 Å². The van der Waals surface area contributed by atoms with Crippen molar-refractivity contribution >= 4 is 11.8 Å². The lowest BCUT2D eigenvalue weighted by Gasteiger charge is -2.33. The van der Waals surface area contributed by atoms with Gasteiger partial charge in [0, 0.05) is 38.3 Å². The van der Waals surface area contributed by atoms with Crippen LogP contribution in [-0.2, 0) is 11.2 Å². The molecule has 0 radical (unpaired) electrons. The quantitative estimate of drug-likeness (QED) is 0.832. The summed E-state index contributed by atoms with van der Waals surface area (Å²) in [4.78, 5) is 27.9. The van der Waals surface area contributed by atoms with E-state index in [4.69, 9.17) is 4.42 Å². The SMILES string of the molecule is O=C(CN1CCN(C(=O)c2ccco2)CC1)NCCc1c(F)cccc1F. The van der Waals surface area contributed by atoms with Crippen molar-refractivity contribution in [3.05, 3.63) is 59.6 Å². The van der Waals surface area contributed by atoms with Crippen molar-refractivity contribution < 1.29 is 22.8 Å². The van der Waals surface area contributed by atoms with Crippen molar-refractivity contribution in [3.8, 4) is 0 Å². The molecule has 0 spiro atoms. The molecule has 0 atom stereocenters. The molecule has 1 saturated heterocycles. The molecule has 1 aromatic heterocycles. The van der Waals surface area contributed by atoms with E-state index in [1.807, 2.05) is 4.90 Å². The molecule has 144 valence electrons. The van der Waals surface area contributed by atoms with Gasteiger partial charge in [-0.15, -0.1) is 0 Å². The van der Waals surface area contributed by atoms with Gasteiger partial charge in [-0.1, -0.05) is 6.07 Å². The maximum absolute atomic E-state index is 13.6. The molecule has 27 heavy (non-hydrogen) atoms. The lowest BCUT2D eigenvalue weighted by Crippen LogP contribution is -2.51. The van der Waals surface area contributed by atoms with Gasteiger partial charge in [0.25, 0.3) is 5.91 Å². The number of piperazine rings is 1. The number of nitrogens with zero attached hydrogens (tertiary/aromatic N) is 2. The van der Waals surface area contributed by atoms with Gasteiger partial charge in [0.05, 0.1) is 12.8 Å². The third-order valence-corrected chi connectivity index (χ3v) is 4.52. The molecule has 1 aliphatic heterocycles. The Morgan fingerprint density at radius 1 is 1.04 bits per heavy atom. The van der Waals surface area contributed by atoms with Crippen LogP contribution in [-0.4, -0.2) is 60.9 Å². The molecule has 0 unspecified atom stereocenters. The van der Waals surface area contributed by atoms with Gasteiger partial charge in [0.15, 0.2) is 5.76 Å². The normalized spacial score (nSPS) is 15.0. The first-order valence-electron chi connectivity index (χ1n) is 8.79. The second kappa shape index (κ2) is 8.77. The zero-order valence-electron chi connectivity index (χ0n) is 14.8. The van der Waals surface area contributed by atoms with Crippen LogP contribution < -0.4 is 5.32 Å². The third-order valence-electron chi connectivity index (χ3n) is 4.52. The van der Waals surface area contributed by atoms with Gasteiger partial charge in [0.2, 0.25) is 5.91 Å². The Hall–Kier alpha value is -2.74. The van der Waals surface area contributed by atoms with Crippen LogP contribution in [0, 0.1) is 11.6 Å². The Kier molecular flexibility index (Phi) is 6.18. The van der Waals surface area contributed by atoms with E-state index in [9.17, 15) is 18.4 Å². The van der Waals surface area contributed by atoms with Gasteiger partial charge in [-0.05, 0) is 30.7 Å². The summed E-state index contributed by atoms with van der Waals surface area (Å²) in [5.41, 5.74) is -0.0251. The zero-order chi connectivity index (χ0) is 19.2. The highest BCUT2D eigenvalue weighted by atomic mass is 19.1. The Labute approximate surface area is 155 Å². The Morgan fingerprint density at radius 3 is 2.37 bits per heavy atom. The molecule has 1 aromatic carbocycles. The molecule has 0 saturated carbocycles. The molecule has 1 fully saturated rings. The molecule has 2 amide bonds. The van der Waals surface area contributed by atoms with E-state index in [0.29, 0.717) is 31.9 Å². The Bertz CT molecular complexity index is 767. The number of furan rings is 1. The largest absolute Gasteiger partial charge is 0.459 e. The second-order valence-electron chi connectivity index (χ2n) is 6.35. The summed E-state index contributed by atoms with van der Waals surface area (Å²) in [6, 6.07) is 7.00. The first-order valence-corrected chi connectivity index (χ1v) is 8.79. The summed E-state index contributed by atoms with van der Waals surface area (Å²) in [7, 11) is 0. The number of carbonyl (C=O) groups is 2. The summed E-state index contributed by atoms with van der Waals surface area (Å²) in [6.07, 6.45) is 1.55. The number of halogens is 2. The van der Waals surface area contributed by atoms with Crippen LogP contribution in [0.15, 0.2) is 41.0 Å². The van der Waals surface area contributed by atoms with Gasteiger partial charge in [-0.25, -0.2) is 8.78 Å². The minimum atomic E-state index is -0.610. The first kappa shape index (κ1) is 19.0. The van der Waals surface area contributed by atoms with Gasteiger partial charge in [-0.2, -0.15) is 0 Å². The Morgan fingerprint density at radius 2 is 1.74 bits per heavy atom. The van der Waals surface area contributed by atoms with Crippen LogP contribution >= 0.6 is 0 Å². The van der Waals surface area contributed by atoms with Gasteiger partial charge >= 0.3 is 0 Å². The maximum atomic E-state index is 13.6. The van der Waals surface area contributed by atoms with E-state index in [-0.39, 0.29) is 36.9 Å². The highest BCUT2D eigenvalue weighted by Gasteiger charge is 2.24. The second-order valence-corrected chi connectivity index (χ2v) is 6.35. The first-order chi connectivity index (χ1) is 13.0. The predicted octanol–water partition coefficient (Wildman–Crippen LogP) is 1.67. The number of carbonyl (C=O) groups excluding carboxylic acids is 2. The summed E-state index contributed by atoms with van der Waals surface area (Å²) in [6.45, 7) is 2.50. The van der Waals surface area contributed by atoms with Gasteiger partial charge in [0.1, 0.15) is 11.6 Å². The average molecular weight is 377 g/mol. The number of hydrogen-bond donors (Lipinski definition) is 1. The molecule has 2 heterocycles. The molecule has 1 N–H and O–H groups in total. The summed E-state index contributed by atoms with van der Waals surface area (Å²) >= 11 is 0. The molecule has 6 nitrogen and oxygen atoms in total. The topological polar surface area (TPSA) is 65.8 Å². The van der Waals surface area contributed by atoms with Gasteiger partial charge < -0.3 is 14.6 Å². The van der Waals surface area contributed by atoms with Crippen LogP contribution in [0.1, 0.15) is 16.1 Å². The standard InChI is InChI=1S/C19H21F2N3O3/c20-15-3-1-4-16(21)14(15)6-7-22-18(25)13-23-8-10-24(11-9-23)19(26)17-5-2-12-27-17/h1-5,12H,6-11,13H2,(H,22,25). The maximum Gasteiger partial charge on any atom is 0.289 e. The number of hydrogen-bond acceptors (Lipinski definition) is 4. The Balaban J connectivity index is 1.39. The van der Waals surface area contributed by atoms with Crippen molar-refractivity contribution in [2.75, 3.05) is 39.3 Å². The molecule has 0 bridgehead atoms. The predicted molar refractivity (Wildman–Crippen MR) is 94.1 cm³/mol. The van der Waals surface area contributed by atoms with Crippen molar-refractivity contribution in [2.45, 2.75) is 6.42 Å². The molecule has 3 rings (SSSR count). The lowest BCUT2D eigenvalue weighted by molar-refractivity contribution is -0.122. The molecule has 0 aliphatic carbocycles. The molecule has 1 aliphatic rings. The monoisotopic (exact) mass is 377 g/mol. The van der Waals surface area contributed by atoms with Crippen molar-refractivity contribution in [1.82, 2.24) is 15.1 Å². The van der Waals surface area contributed by atoms with E-state index in [1.54, 1.807) is 17.0 Å². The molecule has 8 heteroatoms. The summed E-state index contributed by atoms with van der Waals surface area (Å²) < 4.78 is 32.2.